The fourth-order valence-electron chi connectivity index (χ4n) is 1.49. The van der Waals surface area contributed by atoms with Crippen molar-refractivity contribution >= 4 is 0 Å². The van der Waals surface area contributed by atoms with Crippen molar-refractivity contribution in [3.8, 4) is 6.07 Å². The van der Waals surface area contributed by atoms with Crippen LogP contribution in [0.25, 0.3) is 0 Å². The largest absolute Gasteiger partial charge is 0.307 e. The lowest BCUT2D eigenvalue weighted by atomic mass is 10.1. The molecule has 3 heteroatoms. The molecule has 2 nitrogen and oxygen atoms in total. The van der Waals surface area contributed by atoms with Crippen molar-refractivity contribution in [1.29, 1.82) is 5.26 Å². The molecule has 1 rings (SSSR count). The van der Waals surface area contributed by atoms with Crippen LogP contribution in [0.3, 0.4) is 0 Å². The van der Waals surface area contributed by atoms with E-state index in [1.807, 2.05) is 19.9 Å². The molecular formula is C12H15FN2. The normalized spacial score (nSPS) is 14.3. The van der Waals surface area contributed by atoms with Crippen LogP contribution >= 0.6 is 0 Å². The van der Waals surface area contributed by atoms with E-state index in [9.17, 15) is 4.39 Å². The molecular weight excluding hydrogens is 191 g/mol. The Morgan fingerprint density at radius 1 is 1.47 bits per heavy atom. The van der Waals surface area contributed by atoms with E-state index in [0.717, 1.165) is 5.56 Å². The lowest BCUT2D eigenvalue weighted by molar-refractivity contribution is 0.483. The summed E-state index contributed by atoms with van der Waals surface area (Å²) in [5.74, 6) is -0.228. The topological polar surface area (TPSA) is 35.8 Å². The SMILES string of the molecule is CC(CC#N)N[C@H](C)c1cccc(F)c1. The van der Waals surface area contributed by atoms with Gasteiger partial charge in [0.25, 0.3) is 0 Å². The second-order valence-corrected chi connectivity index (χ2v) is 3.71. The molecule has 0 aromatic heterocycles. The molecule has 0 fully saturated rings. The van der Waals surface area contributed by atoms with E-state index in [4.69, 9.17) is 5.26 Å². The van der Waals surface area contributed by atoms with E-state index in [1.54, 1.807) is 6.07 Å². The molecule has 2 atom stereocenters. The van der Waals surface area contributed by atoms with Crippen LogP contribution in [0, 0.1) is 17.1 Å². The lowest BCUT2D eigenvalue weighted by Crippen LogP contribution is -2.28. The monoisotopic (exact) mass is 206 g/mol. The van der Waals surface area contributed by atoms with Crippen LogP contribution in [-0.4, -0.2) is 6.04 Å². The van der Waals surface area contributed by atoms with E-state index in [0.29, 0.717) is 6.42 Å². The number of hydrogen-bond donors (Lipinski definition) is 1. The zero-order valence-electron chi connectivity index (χ0n) is 9.00. The first kappa shape index (κ1) is 11.7. The van der Waals surface area contributed by atoms with Crippen LogP contribution < -0.4 is 5.32 Å². The average Bonchev–Trinajstić information content (AvgIpc) is 2.18. The van der Waals surface area contributed by atoms with Crippen LogP contribution in [0.5, 0.6) is 0 Å². The van der Waals surface area contributed by atoms with E-state index < -0.39 is 0 Å². The molecule has 0 saturated heterocycles. The summed E-state index contributed by atoms with van der Waals surface area (Å²) < 4.78 is 12.9. The summed E-state index contributed by atoms with van der Waals surface area (Å²) in [5, 5.41) is 11.7. The fourth-order valence-corrected chi connectivity index (χ4v) is 1.49. The third-order valence-corrected chi connectivity index (χ3v) is 2.28. The number of nitriles is 1. The van der Waals surface area contributed by atoms with Gasteiger partial charge in [-0.05, 0) is 31.5 Å². The first-order valence-electron chi connectivity index (χ1n) is 5.02. The Kier molecular flexibility index (Phi) is 4.26. The molecule has 0 aliphatic heterocycles. The Morgan fingerprint density at radius 3 is 2.80 bits per heavy atom. The third-order valence-electron chi connectivity index (χ3n) is 2.28. The predicted molar refractivity (Wildman–Crippen MR) is 57.6 cm³/mol. The smallest absolute Gasteiger partial charge is 0.123 e. The van der Waals surface area contributed by atoms with E-state index >= 15 is 0 Å². The molecule has 0 amide bonds. The zero-order chi connectivity index (χ0) is 11.3. The molecule has 0 aliphatic carbocycles. The molecule has 0 radical (unpaired) electrons. The number of benzene rings is 1. The summed E-state index contributed by atoms with van der Waals surface area (Å²) in [4.78, 5) is 0. The van der Waals surface area contributed by atoms with E-state index in [1.165, 1.54) is 12.1 Å². The van der Waals surface area contributed by atoms with Crippen molar-refractivity contribution in [2.75, 3.05) is 0 Å². The van der Waals surface area contributed by atoms with Crippen LogP contribution in [0.15, 0.2) is 24.3 Å². The van der Waals surface area contributed by atoms with Crippen LogP contribution in [-0.2, 0) is 0 Å². The second kappa shape index (κ2) is 5.47. The third kappa shape index (κ3) is 3.69. The minimum atomic E-state index is -0.228. The van der Waals surface area contributed by atoms with Gasteiger partial charge in [-0.1, -0.05) is 12.1 Å². The summed E-state index contributed by atoms with van der Waals surface area (Å²) in [5.41, 5.74) is 0.903. The van der Waals surface area contributed by atoms with Crippen molar-refractivity contribution in [2.24, 2.45) is 0 Å². The number of nitrogens with zero attached hydrogens (tertiary/aromatic N) is 1. The minimum Gasteiger partial charge on any atom is -0.307 e. The van der Waals surface area contributed by atoms with Gasteiger partial charge in [0.1, 0.15) is 5.82 Å². The van der Waals surface area contributed by atoms with Gasteiger partial charge in [0.05, 0.1) is 12.5 Å². The molecule has 0 bridgehead atoms. The summed E-state index contributed by atoms with van der Waals surface area (Å²) in [6.07, 6.45) is 0.458. The zero-order valence-corrected chi connectivity index (χ0v) is 9.00. The average molecular weight is 206 g/mol. The molecule has 0 saturated carbocycles. The highest BCUT2D eigenvalue weighted by molar-refractivity contribution is 5.19. The van der Waals surface area contributed by atoms with Gasteiger partial charge in [-0.2, -0.15) is 5.26 Å². The highest BCUT2D eigenvalue weighted by atomic mass is 19.1. The molecule has 15 heavy (non-hydrogen) atoms. The van der Waals surface area contributed by atoms with Gasteiger partial charge >= 0.3 is 0 Å². The maximum Gasteiger partial charge on any atom is 0.123 e. The minimum absolute atomic E-state index is 0.0593. The van der Waals surface area contributed by atoms with E-state index in [-0.39, 0.29) is 17.9 Å². The lowest BCUT2D eigenvalue weighted by Gasteiger charge is -2.18. The second-order valence-electron chi connectivity index (χ2n) is 3.71. The van der Waals surface area contributed by atoms with Crippen LogP contribution in [0.1, 0.15) is 31.9 Å². The summed E-state index contributed by atoms with van der Waals surface area (Å²) in [7, 11) is 0. The number of halogens is 1. The van der Waals surface area contributed by atoms with Crippen LogP contribution in [0.4, 0.5) is 4.39 Å². The number of hydrogen-bond acceptors (Lipinski definition) is 2. The first-order chi connectivity index (χ1) is 7.13. The quantitative estimate of drug-likeness (QED) is 0.822. The Labute approximate surface area is 89.7 Å². The Morgan fingerprint density at radius 2 is 2.20 bits per heavy atom. The fraction of sp³-hybridized carbons (Fsp3) is 0.417. The Bertz CT molecular complexity index is 357. The summed E-state index contributed by atoms with van der Waals surface area (Å²) in [6.45, 7) is 3.90. The highest BCUT2D eigenvalue weighted by Crippen LogP contribution is 2.14. The predicted octanol–water partition coefficient (Wildman–Crippen LogP) is 2.78. The van der Waals surface area contributed by atoms with Crippen LogP contribution in [0.2, 0.25) is 0 Å². The standard InChI is InChI=1S/C12H15FN2/c1-9(6-7-14)15-10(2)11-4-3-5-12(13)8-11/h3-5,8-10,15H,6H2,1-2H3/t9?,10-/m1/s1. The summed E-state index contributed by atoms with van der Waals surface area (Å²) >= 11 is 0. The van der Waals surface area contributed by atoms with Gasteiger partial charge < -0.3 is 5.32 Å². The molecule has 1 unspecified atom stereocenters. The van der Waals surface area contributed by atoms with Gasteiger partial charge in [0.15, 0.2) is 0 Å². The molecule has 0 aliphatic rings. The molecule has 80 valence electrons. The molecule has 1 aromatic carbocycles. The number of nitrogens with one attached hydrogen (secondary N) is 1. The molecule has 0 heterocycles. The maximum atomic E-state index is 12.9. The first-order valence-corrected chi connectivity index (χ1v) is 5.02. The van der Waals surface area contributed by atoms with Crippen molar-refractivity contribution in [2.45, 2.75) is 32.4 Å². The van der Waals surface area contributed by atoms with Crippen molar-refractivity contribution < 1.29 is 4.39 Å². The molecule has 1 N–H and O–H groups in total. The maximum absolute atomic E-state index is 12.9. The highest BCUT2D eigenvalue weighted by Gasteiger charge is 2.09. The van der Waals surface area contributed by atoms with E-state index in [2.05, 4.69) is 11.4 Å². The summed E-state index contributed by atoms with van der Waals surface area (Å²) in [6, 6.07) is 8.78. The van der Waals surface area contributed by atoms with Crippen molar-refractivity contribution in [3.63, 3.8) is 0 Å². The van der Waals surface area contributed by atoms with Gasteiger partial charge in [0.2, 0.25) is 0 Å². The Hall–Kier alpha value is -1.40. The number of rotatable bonds is 4. The van der Waals surface area contributed by atoms with Gasteiger partial charge in [-0.25, -0.2) is 4.39 Å². The van der Waals surface area contributed by atoms with Crippen molar-refractivity contribution in [1.82, 2.24) is 5.32 Å². The van der Waals surface area contributed by atoms with Crippen molar-refractivity contribution in [3.05, 3.63) is 35.6 Å². The Balaban J connectivity index is 2.61. The van der Waals surface area contributed by atoms with Gasteiger partial charge in [0, 0.05) is 12.1 Å². The molecule has 1 aromatic rings. The van der Waals surface area contributed by atoms with Gasteiger partial charge in [-0.15, -0.1) is 0 Å². The van der Waals surface area contributed by atoms with Gasteiger partial charge in [-0.3, -0.25) is 0 Å². The molecule has 0 spiro atoms.